The standard InChI is InChI=1S/C25H29Cl2NO2S/c1-15(2)17-5-3-4-6-22(17)31-23-10-8-18(24(26)25(23)27)19-13-20(19)21(29)9-7-16-14-28-11-12-30-16/h3-6,8,10,15-16,19-20,28H,7,9,11-14H2,1-2H3/t16?,19-,20+/m0/s1. The highest BCUT2D eigenvalue weighted by Gasteiger charge is 2.44. The molecule has 1 aliphatic carbocycles. The molecule has 1 N–H and O–H groups in total. The van der Waals surface area contributed by atoms with E-state index in [-0.39, 0.29) is 17.9 Å². The van der Waals surface area contributed by atoms with E-state index >= 15 is 0 Å². The fourth-order valence-electron chi connectivity index (χ4n) is 4.27. The number of Topliss-reactive ketones (excluding diaryl/α,β-unsaturated/α-hetero) is 1. The summed E-state index contributed by atoms with van der Waals surface area (Å²) in [7, 11) is 0. The summed E-state index contributed by atoms with van der Waals surface area (Å²) < 4.78 is 5.70. The Morgan fingerprint density at radius 3 is 2.71 bits per heavy atom. The molecule has 31 heavy (non-hydrogen) atoms. The van der Waals surface area contributed by atoms with Crippen molar-refractivity contribution in [2.75, 3.05) is 19.7 Å². The number of hydrogen-bond acceptors (Lipinski definition) is 4. The second kappa shape index (κ2) is 10.3. The van der Waals surface area contributed by atoms with Gasteiger partial charge in [0.25, 0.3) is 0 Å². The van der Waals surface area contributed by atoms with Crippen LogP contribution in [0.15, 0.2) is 46.2 Å². The van der Waals surface area contributed by atoms with E-state index in [0.717, 1.165) is 43.0 Å². The van der Waals surface area contributed by atoms with Gasteiger partial charge in [-0.05, 0) is 47.9 Å². The first-order valence-electron chi connectivity index (χ1n) is 11.1. The maximum absolute atomic E-state index is 12.7. The molecular weight excluding hydrogens is 449 g/mol. The van der Waals surface area contributed by atoms with E-state index in [4.69, 9.17) is 27.9 Å². The molecule has 166 valence electrons. The fourth-order valence-corrected chi connectivity index (χ4v) is 6.05. The number of carbonyl (C=O) groups excluding carboxylic acids is 1. The highest BCUT2D eigenvalue weighted by molar-refractivity contribution is 7.99. The van der Waals surface area contributed by atoms with Crippen LogP contribution in [0.25, 0.3) is 0 Å². The lowest BCUT2D eigenvalue weighted by Crippen LogP contribution is -2.38. The first-order chi connectivity index (χ1) is 15.0. The largest absolute Gasteiger partial charge is 0.376 e. The lowest BCUT2D eigenvalue weighted by Gasteiger charge is -2.23. The summed E-state index contributed by atoms with van der Waals surface area (Å²) in [5.74, 6) is 0.996. The van der Waals surface area contributed by atoms with Crippen molar-refractivity contribution in [2.24, 2.45) is 5.92 Å². The van der Waals surface area contributed by atoms with Crippen LogP contribution < -0.4 is 5.32 Å². The molecule has 0 spiro atoms. The molecule has 2 aromatic rings. The first-order valence-corrected chi connectivity index (χ1v) is 12.6. The number of morpholine rings is 1. The van der Waals surface area contributed by atoms with Crippen LogP contribution in [-0.2, 0) is 9.53 Å². The van der Waals surface area contributed by atoms with E-state index in [2.05, 4.69) is 43.4 Å². The number of ketones is 1. The Kier molecular flexibility index (Phi) is 7.66. The lowest BCUT2D eigenvalue weighted by molar-refractivity contribution is -0.121. The average Bonchev–Trinajstić information content (AvgIpc) is 3.57. The maximum Gasteiger partial charge on any atom is 0.136 e. The van der Waals surface area contributed by atoms with Crippen molar-refractivity contribution in [1.29, 1.82) is 0 Å². The Balaban J connectivity index is 1.41. The minimum atomic E-state index is 0.0605. The molecule has 2 fully saturated rings. The molecule has 3 atom stereocenters. The van der Waals surface area contributed by atoms with E-state index in [1.807, 2.05) is 12.1 Å². The van der Waals surface area contributed by atoms with E-state index < -0.39 is 0 Å². The van der Waals surface area contributed by atoms with Gasteiger partial charge in [0.15, 0.2) is 0 Å². The van der Waals surface area contributed by atoms with Gasteiger partial charge in [-0.3, -0.25) is 4.79 Å². The van der Waals surface area contributed by atoms with E-state index in [1.165, 1.54) is 10.5 Å². The molecule has 2 aliphatic rings. The molecule has 1 saturated heterocycles. The summed E-state index contributed by atoms with van der Waals surface area (Å²) in [5.41, 5.74) is 2.30. The summed E-state index contributed by atoms with van der Waals surface area (Å²) in [5, 5.41) is 4.49. The van der Waals surface area contributed by atoms with Gasteiger partial charge in [0.05, 0.1) is 22.8 Å². The molecule has 4 rings (SSSR count). The van der Waals surface area contributed by atoms with Crippen LogP contribution in [0.5, 0.6) is 0 Å². The first kappa shape index (κ1) is 23.1. The summed E-state index contributed by atoms with van der Waals surface area (Å²) in [6, 6.07) is 12.5. The highest BCUT2D eigenvalue weighted by atomic mass is 35.5. The lowest BCUT2D eigenvalue weighted by atomic mass is 10.0. The molecule has 1 heterocycles. The van der Waals surface area contributed by atoms with Gasteiger partial charge in [-0.1, -0.05) is 73.1 Å². The zero-order chi connectivity index (χ0) is 22.0. The van der Waals surface area contributed by atoms with Crippen LogP contribution in [-0.4, -0.2) is 31.6 Å². The Hall–Kier alpha value is -1.04. The van der Waals surface area contributed by atoms with Gasteiger partial charge < -0.3 is 10.1 Å². The van der Waals surface area contributed by atoms with Gasteiger partial charge in [-0.25, -0.2) is 0 Å². The minimum absolute atomic E-state index is 0.0605. The number of halogens is 2. The van der Waals surface area contributed by atoms with Gasteiger partial charge in [-0.2, -0.15) is 0 Å². The average molecular weight is 478 g/mol. The van der Waals surface area contributed by atoms with Gasteiger partial charge in [0.1, 0.15) is 5.78 Å². The summed E-state index contributed by atoms with van der Waals surface area (Å²) in [6.45, 7) is 6.84. The summed E-state index contributed by atoms with van der Waals surface area (Å²) in [6.07, 6.45) is 2.37. The number of benzene rings is 2. The van der Waals surface area contributed by atoms with Gasteiger partial charge in [0, 0.05) is 35.2 Å². The van der Waals surface area contributed by atoms with Gasteiger partial charge in [0.2, 0.25) is 0 Å². The molecule has 1 unspecified atom stereocenters. The Morgan fingerprint density at radius 2 is 1.97 bits per heavy atom. The molecule has 0 amide bonds. The maximum atomic E-state index is 12.7. The van der Waals surface area contributed by atoms with Crippen molar-refractivity contribution in [1.82, 2.24) is 5.32 Å². The van der Waals surface area contributed by atoms with Crippen LogP contribution in [0.3, 0.4) is 0 Å². The van der Waals surface area contributed by atoms with Crippen molar-refractivity contribution in [3.05, 3.63) is 57.6 Å². The second-order valence-electron chi connectivity index (χ2n) is 8.73. The SMILES string of the molecule is CC(C)c1ccccc1Sc1ccc([C@@H]2C[C@H]2C(=O)CCC2CNCCO2)c(Cl)c1Cl. The number of carbonyl (C=O) groups is 1. The van der Waals surface area contributed by atoms with Crippen LogP contribution in [0.4, 0.5) is 0 Å². The molecule has 0 bridgehead atoms. The Labute approximate surface area is 199 Å². The zero-order valence-electron chi connectivity index (χ0n) is 18.0. The molecule has 3 nitrogen and oxygen atoms in total. The van der Waals surface area contributed by atoms with E-state index in [1.54, 1.807) is 11.8 Å². The third-order valence-electron chi connectivity index (χ3n) is 6.16. The predicted octanol–water partition coefficient (Wildman–Crippen LogP) is 6.71. The third-order valence-corrected chi connectivity index (χ3v) is 8.32. The van der Waals surface area contributed by atoms with Crippen LogP contribution >= 0.6 is 35.0 Å². The number of nitrogens with one attached hydrogen (secondary N) is 1. The normalized spacial score (nSPS) is 23.2. The molecule has 1 aliphatic heterocycles. The van der Waals surface area contributed by atoms with Crippen molar-refractivity contribution in [3.8, 4) is 0 Å². The highest BCUT2D eigenvalue weighted by Crippen LogP contribution is 2.53. The molecule has 0 aromatic heterocycles. The summed E-state index contributed by atoms with van der Waals surface area (Å²) in [4.78, 5) is 14.8. The number of hydrogen-bond donors (Lipinski definition) is 1. The summed E-state index contributed by atoms with van der Waals surface area (Å²) >= 11 is 15.0. The topological polar surface area (TPSA) is 38.3 Å². The van der Waals surface area contributed by atoms with E-state index in [0.29, 0.717) is 28.2 Å². The van der Waals surface area contributed by atoms with Gasteiger partial charge >= 0.3 is 0 Å². The molecule has 2 aromatic carbocycles. The quantitative estimate of drug-likeness (QED) is 0.458. The van der Waals surface area contributed by atoms with Gasteiger partial charge in [-0.15, -0.1) is 0 Å². The van der Waals surface area contributed by atoms with Crippen molar-refractivity contribution >= 4 is 40.7 Å². The fraction of sp³-hybridized carbons (Fsp3) is 0.480. The smallest absolute Gasteiger partial charge is 0.136 e. The third kappa shape index (κ3) is 5.48. The Bertz CT molecular complexity index is 943. The molecular formula is C25H29Cl2NO2S. The number of ether oxygens (including phenoxy) is 1. The monoisotopic (exact) mass is 477 g/mol. The van der Waals surface area contributed by atoms with Crippen molar-refractivity contribution in [2.45, 2.75) is 60.8 Å². The zero-order valence-corrected chi connectivity index (χ0v) is 20.3. The second-order valence-corrected chi connectivity index (χ2v) is 10.6. The van der Waals surface area contributed by atoms with Crippen LogP contribution in [0.1, 0.15) is 56.1 Å². The molecule has 0 radical (unpaired) electrons. The van der Waals surface area contributed by atoms with Crippen molar-refractivity contribution in [3.63, 3.8) is 0 Å². The minimum Gasteiger partial charge on any atom is -0.376 e. The Morgan fingerprint density at radius 1 is 1.16 bits per heavy atom. The molecule has 1 saturated carbocycles. The van der Waals surface area contributed by atoms with Crippen molar-refractivity contribution < 1.29 is 9.53 Å². The number of rotatable bonds is 8. The predicted molar refractivity (Wildman–Crippen MR) is 129 cm³/mol. The van der Waals surface area contributed by atoms with Crippen LogP contribution in [0.2, 0.25) is 10.0 Å². The molecule has 6 heteroatoms. The van der Waals surface area contributed by atoms with E-state index in [9.17, 15) is 4.79 Å². The van der Waals surface area contributed by atoms with Crippen LogP contribution in [0, 0.1) is 5.92 Å².